The lowest BCUT2D eigenvalue weighted by Crippen LogP contribution is -2.49. The smallest absolute Gasteiger partial charge is 0.271 e. The summed E-state index contributed by atoms with van der Waals surface area (Å²) < 4.78 is 32.1. The topological polar surface area (TPSA) is 147 Å². The summed E-state index contributed by atoms with van der Waals surface area (Å²) in [6, 6.07) is 18.9. The maximum atomic E-state index is 12.9. The van der Waals surface area contributed by atoms with Gasteiger partial charge in [-0.2, -0.15) is 5.26 Å². The molecule has 0 aliphatic carbocycles. The Balaban J connectivity index is 0.000000560. The van der Waals surface area contributed by atoms with E-state index in [1.165, 1.54) is 12.1 Å². The number of carbonyl (C=O) groups excluding carboxylic acids is 4. The third-order valence-electron chi connectivity index (χ3n) is 10.4. The fourth-order valence-corrected chi connectivity index (χ4v) is 7.30. The normalized spacial score (nSPS) is 15.7. The Morgan fingerprint density at radius 2 is 1.67 bits per heavy atom. The summed E-state index contributed by atoms with van der Waals surface area (Å²) in [7, 11) is 0. The third kappa shape index (κ3) is 14.7. The lowest BCUT2D eigenvalue weighted by atomic mass is 9.94. The predicted molar refractivity (Wildman–Crippen MR) is 241 cm³/mol. The van der Waals surface area contributed by atoms with Crippen LogP contribution in [0.4, 0.5) is 25.8 Å². The molecule has 2 aliphatic rings. The van der Waals surface area contributed by atoms with Crippen molar-refractivity contribution in [3.05, 3.63) is 82.9 Å². The number of ether oxygens (including phenoxy) is 1. The van der Waals surface area contributed by atoms with Gasteiger partial charge in [-0.1, -0.05) is 57.6 Å². The van der Waals surface area contributed by atoms with Crippen LogP contribution in [0.3, 0.4) is 0 Å². The molecule has 330 valence electrons. The number of rotatable bonds is 16. The van der Waals surface area contributed by atoms with Crippen LogP contribution in [0.25, 0.3) is 0 Å². The first kappa shape index (κ1) is 50.1. The fraction of sp³-hybridized carbons (Fsp3) is 0.478. The molecule has 2 heterocycles. The summed E-state index contributed by atoms with van der Waals surface area (Å²) in [4.78, 5) is 55.2. The molecular formula is C46H61F2N7O5S. The van der Waals surface area contributed by atoms with Crippen molar-refractivity contribution >= 4 is 58.3 Å². The van der Waals surface area contributed by atoms with Crippen LogP contribution in [-0.2, 0) is 31.5 Å². The molecule has 0 spiro atoms. The van der Waals surface area contributed by atoms with Gasteiger partial charge >= 0.3 is 0 Å². The number of carbonyl (C=O) groups is 4. The number of hydrogen-bond donors (Lipinski definition) is 3. The van der Waals surface area contributed by atoms with Crippen LogP contribution in [0, 0.1) is 18.3 Å². The van der Waals surface area contributed by atoms with Crippen LogP contribution in [0.15, 0.2) is 60.7 Å². The first-order valence-corrected chi connectivity index (χ1v) is 21.3. The van der Waals surface area contributed by atoms with Crippen molar-refractivity contribution in [2.75, 3.05) is 61.4 Å². The number of imide groups is 1. The fourth-order valence-electron chi connectivity index (χ4n) is 6.91. The van der Waals surface area contributed by atoms with Crippen molar-refractivity contribution in [3.63, 3.8) is 0 Å². The summed E-state index contributed by atoms with van der Waals surface area (Å²) in [5.74, 6) is -2.68. The van der Waals surface area contributed by atoms with Gasteiger partial charge in [0.2, 0.25) is 17.7 Å². The molecule has 61 heavy (non-hydrogen) atoms. The highest BCUT2D eigenvalue weighted by Gasteiger charge is 2.33. The molecule has 2 aliphatic heterocycles. The summed E-state index contributed by atoms with van der Waals surface area (Å²) in [5.41, 5.74) is 4.68. The number of alkyl halides is 2. The van der Waals surface area contributed by atoms with Gasteiger partial charge in [0.05, 0.1) is 29.2 Å². The molecule has 1 unspecified atom stereocenters. The van der Waals surface area contributed by atoms with E-state index >= 15 is 0 Å². The number of amides is 3. The van der Waals surface area contributed by atoms with E-state index in [9.17, 15) is 28.0 Å². The number of nitrogens with zero attached hydrogens (tertiary/aromatic N) is 4. The Kier molecular flexibility index (Phi) is 19.4. The number of aryl methyl sites for hydroxylation is 2. The van der Waals surface area contributed by atoms with Gasteiger partial charge in [-0.25, -0.2) is 8.78 Å². The average molecular weight is 862 g/mol. The number of halogens is 2. The molecule has 5 rings (SSSR count). The number of nitrogens with one attached hydrogen (secondary N) is 3. The number of anilines is 3. The van der Waals surface area contributed by atoms with Gasteiger partial charge in [0.25, 0.3) is 5.92 Å². The number of hydrogen-bond acceptors (Lipinski definition) is 10. The summed E-state index contributed by atoms with van der Waals surface area (Å²) >= 11 is 5.29. The van der Waals surface area contributed by atoms with Crippen molar-refractivity contribution < 1.29 is 32.7 Å². The largest absolute Gasteiger partial charge is 0.492 e. The molecule has 3 amide bonds. The summed E-state index contributed by atoms with van der Waals surface area (Å²) in [6.07, 6.45) is 1.96. The van der Waals surface area contributed by atoms with E-state index in [1.807, 2.05) is 69.9 Å². The van der Waals surface area contributed by atoms with Crippen LogP contribution in [0.2, 0.25) is 0 Å². The van der Waals surface area contributed by atoms with Crippen molar-refractivity contribution in [2.24, 2.45) is 0 Å². The molecule has 3 aromatic carbocycles. The van der Waals surface area contributed by atoms with Gasteiger partial charge < -0.3 is 20.3 Å². The summed E-state index contributed by atoms with van der Waals surface area (Å²) in [6.45, 7) is 19.1. The zero-order valence-corrected chi connectivity index (χ0v) is 37.5. The SMILES string of the molecule is CC.CCC(=O)C(C)(C)N(C=S)c1ccc(OCCN2CCN(CC(=O)Nc3cccc(NC4CCC(=O)NC4=O)c3)CC2)c(CC)c1.Cc1ccc(C#N)c(C(C)(F)F)c1. The highest BCUT2D eigenvalue weighted by molar-refractivity contribution is 7.79. The molecule has 0 radical (unpaired) electrons. The van der Waals surface area contributed by atoms with Gasteiger partial charge in [0.1, 0.15) is 18.4 Å². The second-order valence-corrected chi connectivity index (χ2v) is 15.5. The molecule has 2 fully saturated rings. The maximum Gasteiger partial charge on any atom is 0.271 e. The molecule has 0 aromatic heterocycles. The number of piperidine rings is 1. The van der Waals surface area contributed by atoms with E-state index in [1.54, 1.807) is 30.6 Å². The zero-order chi connectivity index (χ0) is 45.3. The average Bonchev–Trinajstić information content (AvgIpc) is 3.23. The van der Waals surface area contributed by atoms with Crippen LogP contribution in [0.5, 0.6) is 5.75 Å². The molecule has 1 atom stereocenters. The molecule has 12 nitrogen and oxygen atoms in total. The quantitative estimate of drug-likeness (QED) is 0.0966. The van der Waals surface area contributed by atoms with Gasteiger partial charge in [0.15, 0.2) is 5.78 Å². The van der Waals surface area contributed by atoms with Crippen LogP contribution in [0.1, 0.15) is 90.0 Å². The van der Waals surface area contributed by atoms with Crippen LogP contribution >= 0.6 is 12.2 Å². The zero-order valence-electron chi connectivity index (χ0n) is 36.7. The van der Waals surface area contributed by atoms with Crippen LogP contribution < -0.4 is 25.6 Å². The second-order valence-electron chi connectivity index (χ2n) is 15.2. The molecule has 0 bridgehead atoms. The van der Waals surface area contributed by atoms with E-state index in [2.05, 4.69) is 38.7 Å². The standard InChI is InChI=1S/C34H46N6O5S.C10H9F2N.C2H6/c1-5-24-20-27(40(23-46)34(3,4)30(41)6-2)10-12-29(24)45-19-18-38-14-16-39(17-15-38)22-32(43)36-26-9-7-8-25(21-26)35-28-11-13-31(42)37-33(28)44;1-7-3-4-8(6-13)9(5-7)10(2,11)12;1-2/h7-10,12,20-21,23,28,35H,5-6,11,13-19,22H2,1-4H3,(H,36,43)(H,37,42,44);3-5H,1-2H3;1-2H3. The number of Topliss-reactive ketones (excluding diaryl/α,β-unsaturated/α-hetero) is 1. The van der Waals surface area contributed by atoms with Crippen molar-refractivity contribution in [2.45, 2.75) is 98.6 Å². The number of thiocarbonyl (C=S) groups is 1. The van der Waals surface area contributed by atoms with Gasteiger partial charge in [-0.05, 0) is 87.7 Å². The molecule has 2 saturated heterocycles. The number of nitriles is 1. The van der Waals surface area contributed by atoms with Crippen LogP contribution in [-0.4, -0.2) is 96.3 Å². The summed E-state index contributed by atoms with van der Waals surface area (Å²) in [5, 5.41) is 17.0. The van der Waals surface area contributed by atoms with Crippen molar-refractivity contribution in [1.29, 1.82) is 5.26 Å². The Labute approximate surface area is 365 Å². The van der Waals surface area contributed by atoms with E-state index in [0.717, 1.165) is 68.6 Å². The first-order valence-electron chi connectivity index (χ1n) is 20.9. The molecule has 0 saturated carbocycles. The number of ketones is 1. The van der Waals surface area contributed by atoms with E-state index < -0.39 is 17.5 Å². The Hall–Kier alpha value is -5.30. The Morgan fingerprint density at radius 1 is 1.00 bits per heavy atom. The van der Waals surface area contributed by atoms with Crippen molar-refractivity contribution in [3.8, 4) is 11.8 Å². The third-order valence-corrected chi connectivity index (χ3v) is 10.6. The monoisotopic (exact) mass is 861 g/mol. The number of benzene rings is 3. The second kappa shape index (κ2) is 23.6. The van der Waals surface area contributed by atoms with Gasteiger partial charge in [0, 0.05) is 75.1 Å². The van der Waals surface area contributed by atoms with E-state index in [-0.39, 0.29) is 34.6 Å². The van der Waals surface area contributed by atoms with E-state index in [4.69, 9.17) is 22.2 Å². The minimum atomic E-state index is -2.95. The molecule has 3 aromatic rings. The lowest BCUT2D eigenvalue weighted by molar-refractivity contribution is -0.133. The molecule has 3 N–H and O–H groups in total. The van der Waals surface area contributed by atoms with Gasteiger partial charge in [-0.15, -0.1) is 0 Å². The minimum Gasteiger partial charge on any atom is -0.492 e. The minimum absolute atomic E-state index is 0.0399. The maximum absolute atomic E-state index is 12.9. The Morgan fingerprint density at radius 3 is 2.28 bits per heavy atom. The molecule has 15 heteroatoms. The Bertz CT molecular complexity index is 2030. The molecular weight excluding hydrogens is 801 g/mol. The predicted octanol–water partition coefficient (Wildman–Crippen LogP) is 7.63. The number of piperazine rings is 1. The highest BCUT2D eigenvalue weighted by atomic mass is 32.1. The van der Waals surface area contributed by atoms with Crippen molar-refractivity contribution in [1.82, 2.24) is 15.1 Å². The highest BCUT2D eigenvalue weighted by Crippen LogP contribution is 2.31. The van der Waals surface area contributed by atoms with E-state index in [0.29, 0.717) is 43.8 Å². The first-order chi connectivity index (χ1) is 29.0. The lowest BCUT2D eigenvalue weighted by Gasteiger charge is -2.36. The van der Waals surface area contributed by atoms with Gasteiger partial charge in [-0.3, -0.25) is 34.3 Å².